The second kappa shape index (κ2) is 8.41. The topological polar surface area (TPSA) is 103 Å². The Morgan fingerprint density at radius 1 is 1.19 bits per heavy atom. The Morgan fingerprint density at radius 3 is 2.90 bits per heavy atom. The van der Waals surface area contributed by atoms with Crippen LogP contribution in [0.25, 0.3) is 6.08 Å². The summed E-state index contributed by atoms with van der Waals surface area (Å²) in [6.45, 7) is 1.08. The fraction of sp³-hybridized carbons (Fsp3) is 0.455. The van der Waals surface area contributed by atoms with E-state index in [2.05, 4.69) is 43.1 Å². The van der Waals surface area contributed by atoms with Crippen molar-refractivity contribution in [3.63, 3.8) is 0 Å². The van der Waals surface area contributed by atoms with Crippen LogP contribution < -0.4 is 5.32 Å². The van der Waals surface area contributed by atoms with Crippen LogP contribution in [0.5, 0.6) is 0 Å². The van der Waals surface area contributed by atoms with Crippen molar-refractivity contribution in [1.82, 2.24) is 40.3 Å². The van der Waals surface area contributed by atoms with E-state index in [-0.39, 0.29) is 5.91 Å². The minimum atomic E-state index is -0.246. The quantitative estimate of drug-likeness (QED) is 0.534. The Hall–Kier alpha value is -3.36. The number of carbonyl (C=O) groups excluding carboxylic acids is 1. The molecule has 0 radical (unpaired) electrons. The van der Waals surface area contributed by atoms with Crippen LogP contribution in [0.3, 0.4) is 0 Å². The van der Waals surface area contributed by atoms with Gasteiger partial charge in [0, 0.05) is 26.2 Å². The predicted octanol–water partition coefficient (Wildman–Crippen LogP) is 2.10. The maximum Gasteiger partial charge on any atom is 0.273 e. The SMILES string of the molecule is Cn1ccc(CNC(=O)c2cn(CCCCc3cc4c(nn3)CC(C3CC3)=C4)nn2)n1. The molecule has 1 amide bonds. The molecule has 0 unspecified atom stereocenters. The number of carbonyl (C=O) groups is 1. The molecule has 3 aromatic heterocycles. The standard InChI is InChI=1S/C22H26N8O/c1-29-9-7-19(27-29)13-23-22(31)21-14-30(28-26-21)8-3-2-4-18-11-17-10-16(15-5-6-15)12-20(17)25-24-18/h7,9-11,14-15H,2-6,8,12-13H2,1H3,(H,23,31). The van der Waals surface area contributed by atoms with Gasteiger partial charge in [0.15, 0.2) is 5.69 Å². The van der Waals surface area contributed by atoms with Crippen molar-refractivity contribution in [1.29, 1.82) is 0 Å². The van der Waals surface area contributed by atoms with Crippen molar-refractivity contribution in [2.45, 2.75) is 51.6 Å². The van der Waals surface area contributed by atoms with Gasteiger partial charge in [-0.25, -0.2) is 0 Å². The summed E-state index contributed by atoms with van der Waals surface area (Å²) in [5, 5.41) is 23.9. The summed E-state index contributed by atoms with van der Waals surface area (Å²) in [4.78, 5) is 12.2. The number of unbranched alkanes of at least 4 members (excludes halogenated alkanes) is 1. The van der Waals surface area contributed by atoms with E-state index in [9.17, 15) is 4.79 Å². The number of rotatable bonds is 9. The monoisotopic (exact) mass is 418 g/mol. The zero-order valence-electron chi connectivity index (χ0n) is 17.7. The first-order valence-electron chi connectivity index (χ1n) is 10.9. The molecule has 5 rings (SSSR count). The summed E-state index contributed by atoms with van der Waals surface area (Å²) in [6, 6.07) is 4.06. The minimum Gasteiger partial charge on any atom is -0.345 e. The van der Waals surface area contributed by atoms with E-state index >= 15 is 0 Å². The van der Waals surface area contributed by atoms with Gasteiger partial charge in [0.25, 0.3) is 5.91 Å². The molecular weight excluding hydrogens is 392 g/mol. The van der Waals surface area contributed by atoms with Gasteiger partial charge in [-0.3, -0.25) is 14.2 Å². The molecule has 31 heavy (non-hydrogen) atoms. The van der Waals surface area contributed by atoms with E-state index in [0.717, 1.165) is 48.7 Å². The molecule has 1 N–H and O–H groups in total. The normalized spacial score (nSPS) is 15.1. The smallest absolute Gasteiger partial charge is 0.273 e. The first kappa shape index (κ1) is 19.6. The highest BCUT2D eigenvalue weighted by Gasteiger charge is 2.29. The van der Waals surface area contributed by atoms with Gasteiger partial charge in [-0.2, -0.15) is 15.3 Å². The van der Waals surface area contributed by atoms with Gasteiger partial charge in [0.1, 0.15) is 0 Å². The van der Waals surface area contributed by atoms with Crippen LogP contribution in [0, 0.1) is 5.92 Å². The minimum absolute atomic E-state index is 0.246. The van der Waals surface area contributed by atoms with Crippen molar-refractivity contribution >= 4 is 12.0 Å². The zero-order valence-corrected chi connectivity index (χ0v) is 17.7. The van der Waals surface area contributed by atoms with E-state index in [1.165, 1.54) is 24.0 Å². The van der Waals surface area contributed by atoms with E-state index in [1.54, 1.807) is 15.6 Å². The number of hydrogen-bond acceptors (Lipinski definition) is 6. The molecular formula is C22H26N8O. The molecule has 0 spiro atoms. The largest absolute Gasteiger partial charge is 0.345 e. The van der Waals surface area contributed by atoms with Gasteiger partial charge in [0.05, 0.1) is 29.8 Å². The molecule has 3 heterocycles. The molecule has 160 valence electrons. The molecule has 2 aliphatic rings. The van der Waals surface area contributed by atoms with E-state index < -0.39 is 0 Å². The second-order valence-corrected chi connectivity index (χ2v) is 8.40. The van der Waals surface area contributed by atoms with Gasteiger partial charge in [-0.05, 0) is 55.7 Å². The van der Waals surface area contributed by atoms with Crippen LogP contribution in [0.4, 0.5) is 0 Å². The van der Waals surface area contributed by atoms with Crippen LogP contribution in [-0.2, 0) is 33.0 Å². The number of hydrogen-bond donors (Lipinski definition) is 1. The van der Waals surface area contributed by atoms with Crippen molar-refractivity contribution in [3.8, 4) is 0 Å². The maximum atomic E-state index is 12.2. The molecule has 0 aromatic carbocycles. The molecule has 9 heteroatoms. The number of aromatic nitrogens is 7. The van der Waals surface area contributed by atoms with E-state index in [1.807, 2.05) is 19.3 Å². The number of nitrogens with one attached hydrogen (secondary N) is 1. The second-order valence-electron chi connectivity index (χ2n) is 8.40. The third kappa shape index (κ3) is 4.70. The molecule has 0 atom stereocenters. The molecule has 0 saturated heterocycles. The van der Waals surface area contributed by atoms with Crippen molar-refractivity contribution < 1.29 is 4.79 Å². The fourth-order valence-electron chi connectivity index (χ4n) is 3.93. The van der Waals surface area contributed by atoms with Crippen LogP contribution in [-0.4, -0.2) is 40.9 Å². The van der Waals surface area contributed by atoms with E-state index in [0.29, 0.717) is 18.8 Å². The number of amides is 1. The van der Waals surface area contributed by atoms with Gasteiger partial charge in [-0.1, -0.05) is 16.9 Å². The fourth-order valence-corrected chi connectivity index (χ4v) is 3.93. The third-order valence-electron chi connectivity index (χ3n) is 5.81. The lowest BCUT2D eigenvalue weighted by atomic mass is 10.1. The van der Waals surface area contributed by atoms with E-state index in [4.69, 9.17) is 0 Å². The molecule has 1 saturated carbocycles. The summed E-state index contributed by atoms with van der Waals surface area (Å²) in [7, 11) is 1.84. The molecule has 0 bridgehead atoms. The number of allylic oxidation sites excluding steroid dienone is 1. The third-order valence-corrected chi connectivity index (χ3v) is 5.81. The summed E-state index contributed by atoms with van der Waals surface area (Å²) >= 11 is 0. The van der Waals surface area contributed by atoms with Crippen molar-refractivity contribution in [3.05, 3.63) is 58.4 Å². The summed E-state index contributed by atoms with van der Waals surface area (Å²) < 4.78 is 3.42. The van der Waals surface area contributed by atoms with Crippen molar-refractivity contribution in [2.75, 3.05) is 0 Å². The highest BCUT2D eigenvalue weighted by Crippen LogP contribution is 2.41. The Morgan fingerprint density at radius 2 is 2.10 bits per heavy atom. The predicted molar refractivity (Wildman–Crippen MR) is 114 cm³/mol. The first-order valence-corrected chi connectivity index (χ1v) is 10.9. The number of aryl methyl sites for hydroxylation is 3. The van der Waals surface area contributed by atoms with Crippen LogP contribution in [0.1, 0.15) is 58.8 Å². The van der Waals surface area contributed by atoms with Gasteiger partial charge < -0.3 is 5.32 Å². The molecule has 3 aromatic rings. The van der Waals surface area contributed by atoms with Crippen LogP contribution >= 0.6 is 0 Å². The Bertz CT molecular complexity index is 1120. The molecule has 2 aliphatic carbocycles. The molecule has 1 fully saturated rings. The average Bonchev–Trinajstić information content (AvgIpc) is 3.16. The van der Waals surface area contributed by atoms with Gasteiger partial charge in [-0.15, -0.1) is 5.10 Å². The summed E-state index contributed by atoms with van der Waals surface area (Å²) in [5.41, 5.74) is 6.08. The number of nitrogens with zero attached hydrogens (tertiary/aromatic N) is 7. The Kier molecular flexibility index (Phi) is 5.31. The average molecular weight is 419 g/mol. The lowest BCUT2D eigenvalue weighted by Gasteiger charge is -2.03. The van der Waals surface area contributed by atoms with Crippen LogP contribution in [0.15, 0.2) is 30.1 Å². The summed E-state index contributed by atoms with van der Waals surface area (Å²) in [6.07, 6.45) is 12.3. The maximum absolute atomic E-state index is 12.2. The number of fused-ring (bicyclic) bond motifs is 1. The Balaban J connectivity index is 1.07. The highest BCUT2D eigenvalue weighted by atomic mass is 16.2. The summed E-state index contributed by atoms with van der Waals surface area (Å²) in [5.74, 6) is 0.547. The lowest BCUT2D eigenvalue weighted by Crippen LogP contribution is -2.23. The van der Waals surface area contributed by atoms with Crippen molar-refractivity contribution in [2.24, 2.45) is 13.0 Å². The molecule has 9 nitrogen and oxygen atoms in total. The van der Waals surface area contributed by atoms with Gasteiger partial charge >= 0.3 is 0 Å². The van der Waals surface area contributed by atoms with Gasteiger partial charge in [0.2, 0.25) is 0 Å². The first-order chi connectivity index (χ1) is 15.1. The Labute approximate surface area is 180 Å². The zero-order chi connectivity index (χ0) is 21.2. The van der Waals surface area contributed by atoms with Crippen LogP contribution in [0.2, 0.25) is 0 Å². The molecule has 0 aliphatic heterocycles. The lowest BCUT2D eigenvalue weighted by molar-refractivity contribution is 0.0945. The highest BCUT2D eigenvalue weighted by molar-refractivity contribution is 5.91.